The number of ether oxygens (including phenoxy) is 1. The second kappa shape index (κ2) is 7.26. The van der Waals surface area contributed by atoms with Crippen LogP contribution >= 0.6 is 0 Å². The fourth-order valence-electron chi connectivity index (χ4n) is 2.24. The van der Waals surface area contributed by atoms with Gasteiger partial charge in [0, 0.05) is 0 Å². The Labute approximate surface area is 114 Å². The van der Waals surface area contributed by atoms with Crippen LogP contribution in [0.15, 0.2) is 24.3 Å². The van der Waals surface area contributed by atoms with Crippen molar-refractivity contribution >= 4 is 5.91 Å². The second-order valence-electron chi connectivity index (χ2n) is 5.12. The summed E-state index contributed by atoms with van der Waals surface area (Å²) in [7, 11) is 0. The average molecular weight is 263 g/mol. The normalized spacial score (nSPS) is 16.3. The molecule has 1 fully saturated rings. The van der Waals surface area contributed by atoms with Crippen LogP contribution in [0.5, 0.6) is 0 Å². The highest BCUT2D eigenvalue weighted by molar-refractivity contribution is 5.78. The minimum atomic E-state index is 0.108. The first-order valence-corrected chi connectivity index (χ1v) is 6.97. The Morgan fingerprint density at radius 3 is 2.63 bits per heavy atom. The van der Waals surface area contributed by atoms with Gasteiger partial charge in [0.25, 0.3) is 0 Å². The third-order valence-electron chi connectivity index (χ3n) is 3.49. The summed E-state index contributed by atoms with van der Waals surface area (Å²) in [5.41, 5.74) is 2.29. The lowest BCUT2D eigenvalue weighted by molar-refractivity contribution is -0.906. The number of hydrogen-bond donors (Lipinski definition) is 2. The minimum Gasteiger partial charge on any atom is -0.370 e. The lowest BCUT2D eigenvalue weighted by Crippen LogP contribution is -3.14. The van der Waals surface area contributed by atoms with Crippen LogP contribution in [0.25, 0.3) is 0 Å². The van der Waals surface area contributed by atoms with Gasteiger partial charge < -0.3 is 15.0 Å². The number of nitrogens with one attached hydrogen (secondary N) is 2. The molecule has 0 unspecified atom stereocenters. The Bertz CT molecular complexity index is 397. The van der Waals surface area contributed by atoms with Crippen LogP contribution in [0.2, 0.25) is 0 Å². The zero-order valence-electron chi connectivity index (χ0n) is 11.6. The van der Waals surface area contributed by atoms with E-state index in [2.05, 4.69) is 12.2 Å². The Morgan fingerprint density at radius 1 is 1.26 bits per heavy atom. The van der Waals surface area contributed by atoms with E-state index >= 15 is 0 Å². The summed E-state index contributed by atoms with van der Waals surface area (Å²) in [5.74, 6) is 0.108. The van der Waals surface area contributed by atoms with Crippen LogP contribution in [0, 0.1) is 6.92 Å². The Hall–Kier alpha value is -1.39. The molecule has 1 aliphatic heterocycles. The van der Waals surface area contributed by atoms with Crippen molar-refractivity contribution in [2.75, 3.05) is 39.4 Å². The molecule has 0 aliphatic carbocycles. The smallest absolute Gasteiger partial charge is 0.224 e. The zero-order chi connectivity index (χ0) is 13.5. The number of amides is 1. The SMILES string of the molecule is Cc1ccc(CC(=O)NCC[NH+]2CCOCC2)cc1. The Morgan fingerprint density at radius 2 is 1.95 bits per heavy atom. The van der Waals surface area contributed by atoms with Crippen molar-refractivity contribution in [2.45, 2.75) is 13.3 Å². The summed E-state index contributed by atoms with van der Waals surface area (Å²) >= 11 is 0. The monoisotopic (exact) mass is 263 g/mol. The molecule has 1 amide bonds. The number of carbonyl (C=O) groups excluding carboxylic acids is 1. The van der Waals surface area contributed by atoms with Crippen molar-refractivity contribution in [1.29, 1.82) is 0 Å². The number of rotatable bonds is 5. The van der Waals surface area contributed by atoms with Gasteiger partial charge in [0.1, 0.15) is 13.1 Å². The van der Waals surface area contributed by atoms with Gasteiger partial charge in [-0.05, 0) is 12.5 Å². The van der Waals surface area contributed by atoms with Gasteiger partial charge in [-0.2, -0.15) is 0 Å². The highest BCUT2D eigenvalue weighted by atomic mass is 16.5. The molecule has 1 saturated heterocycles. The molecular formula is C15H23N2O2+. The molecule has 1 aliphatic rings. The number of aryl methyl sites for hydroxylation is 1. The predicted octanol–water partition coefficient (Wildman–Crippen LogP) is -0.431. The van der Waals surface area contributed by atoms with Crippen molar-refractivity contribution in [1.82, 2.24) is 5.32 Å². The number of quaternary nitrogens is 1. The van der Waals surface area contributed by atoms with Crippen molar-refractivity contribution in [2.24, 2.45) is 0 Å². The fourth-order valence-corrected chi connectivity index (χ4v) is 2.24. The molecule has 0 aromatic heterocycles. The van der Waals surface area contributed by atoms with Gasteiger partial charge in [-0.3, -0.25) is 4.79 Å². The maximum atomic E-state index is 11.8. The van der Waals surface area contributed by atoms with Gasteiger partial charge in [0.2, 0.25) is 5.91 Å². The molecular weight excluding hydrogens is 240 g/mol. The van der Waals surface area contributed by atoms with Crippen LogP contribution in [0.1, 0.15) is 11.1 Å². The van der Waals surface area contributed by atoms with Gasteiger partial charge in [-0.1, -0.05) is 29.8 Å². The fraction of sp³-hybridized carbons (Fsp3) is 0.533. The van der Waals surface area contributed by atoms with Gasteiger partial charge in [0.15, 0.2) is 0 Å². The summed E-state index contributed by atoms with van der Waals surface area (Å²) in [4.78, 5) is 13.3. The molecule has 0 bridgehead atoms. The van der Waals surface area contributed by atoms with Crippen molar-refractivity contribution in [3.63, 3.8) is 0 Å². The summed E-state index contributed by atoms with van der Waals surface area (Å²) in [5, 5.41) is 2.99. The van der Waals surface area contributed by atoms with Crippen molar-refractivity contribution in [3.05, 3.63) is 35.4 Å². The van der Waals surface area contributed by atoms with E-state index in [4.69, 9.17) is 4.74 Å². The van der Waals surface area contributed by atoms with E-state index in [0.717, 1.165) is 45.0 Å². The van der Waals surface area contributed by atoms with Gasteiger partial charge >= 0.3 is 0 Å². The third kappa shape index (κ3) is 5.01. The molecule has 1 aromatic rings. The van der Waals surface area contributed by atoms with Gasteiger partial charge in [-0.15, -0.1) is 0 Å². The van der Waals surface area contributed by atoms with Crippen LogP contribution in [-0.4, -0.2) is 45.3 Å². The molecule has 19 heavy (non-hydrogen) atoms. The molecule has 0 radical (unpaired) electrons. The van der Waals surface area contributed by atoms with Crippen molar-refractivity contribution < 1.29 is 14.4 Å². The first kappa shape index (κ1) is 14.0. The number of carbonyl (C=O) groups is 1. The largest absolute Gasteiger partial charge is 0.370 e. The Kier molecular flexibility index (Phi) is 5.36. The van der Waals surface area contributed by atoms with Gasteiger partial charge in [0.05, 0.1) is 32.7 Å². The lowest BCUT2D eigenvalue weighted by Gasteiger charge is -2.23. The highest BCUT2D eigenvalue weighted by Crippen LogP contribution is 2.03. The molecule has 0 atom stereocenters. The first-order chi connectivity index (χ1) is 9.24. The number of benzene rings is 1. The van der Waals surface area contributed by atoms with E-state index in [0.29, 0.717) is 6.42 Å². The Balaban J connectivity index is 1.65. The maximum absolute atomic E-state index is 11.8. The van der Waals surface area contributed by atoms with E-state index in [9.17, 15) is 4.79 Å². The van der Waals surface area contributed by atoms with E-state index in [1.165, 1.54) is 10.5 Å². The summed E-state index contributed by atoms with van der Waals surface area (Å²) < 4.78 is 5.31. The predicted molar refractivity (Wildman–Crippen MR) is 74.3 cm³/mol. The second-order valence-corrected chi connectivity index (χ2v) is 5.12. The zero-order valence-corrected chi connectivity index (χ0v) is 11.6. The lowest BCUT2D eigenvalue weighted by atomic mass is 10.1. The molecule has 4 nitrogen and oxygen atoms in total. The van der Waals surface area contributed by atoms with Crippen LogP contribution < -0.4 is 10.2 Å². The van der Waals surface area contributed by atoms with Crippen molar-refractivity contribution in [3.8, 4) is 0 Å². The quantitative estimate of drug-likeness (QED) is 0.757. The first-order valence-electron chi connectivity index (χ1n) is 6.97. The molecule has 104 valence electrons. The van der Waals surface area contributed by atoms with E-state index < -0.39 is 0 Å². The maximum Gasteiger partial charge on any atom is 0.224 e. The standard InChI is InChI=1S/C15H22N2O2/c1-13-2-4-14(5-3-13)12-15(18)16-6-7-17-8-10-19-11-9-17/h2-5H,6-12H2,1H3,(H,16,18)/p+1. The highest BCUT2D eigenvalue weighted by Gasteiger charge is 2.13. The van der Waals surface area contributed by atoms with Crippen LogP contribution in [0.4, 0.5) is 0 Å². The average Bonchev–Trinajstić information content (AvgIpc) is 2.43. The number of hydrogen-bond acceptors (Lipinski definition) is 2. The molecule has 2 N–H and O–H groups in total. The summed E-state index contributed by atoms with van der Waals surface area (Å²) in [6, 6.07) is 8.12. The molecule has 1 heterocycles. The number of morpholine rings is 1. The van der Waals surface area contributed by atoms with E-state index in [1.807, 2.05) is 24.3 Å². The van der Waals surface area contributed by atoms with Crippen LogP contribution in [0.3, 0.4) is 0 Å². The minimum absolute atomic E-state index is 0.108. The van der Waals surface area contributed by atoms with E-state index in [1.54, 1.807) is 0 Å². The molecule has 1 aromatic carbocycles. The van der Waals surface area contributed by atoms with Gasteiger partial charge in [-0.25, -0.2) is 0 Å². The van der Waals surface area contributed by atoms with Crippen LogP contribution in [-0.2, 0) is 16.0 Å². The molecule has 0 saturated carbocycles. The molecule has 0 spiro atoms. The molecule has 2 rings (SSSR count). The van der Waals surface area contributed by atoms with E-state index in [-0.39, 0.29) is 5.91 Å². The molecule has 4 heteroatoms. The third-order valence-corrected chi connectivity index (χ3v) is 3.49. The summed E-state index contributed by atoms with van der Waals surface area (Å²) in [6.45, 7) is 7.57. The topological polar surface area (TPSA) is 42.8 Å². The summed E-state index contributed by atoms with van der Waals surface area (Å²) in [6.07, 6.45) is 0.471.